The van der Waals surface area contributed by atoms with Crippen molar-refractivity contribution in [2.24, 2.45) is 0 Å². The molecule has 192 valence electrons. The second-order valence-corrected chi connectivity index (χ2v) is 9.29. The summed E-state index contributed by atoms with van der Waals surface area (Å²) in [4.78, 5) is 33.2. The molecule has 2 amide bonds. The molecular weight excluding hydrogens is 527 g/mol. The fraction of sp³-hybridized carbons (Fsp3) is 0.154. The molecule has 0 radical (unpaired) electrons. The minimum absolute atomic E-state index is 0.106. The number of rotatable bonds is 4. The van der Waals surface area contributed by atoms with E-state index < -0.39 is 6.04 Å². The minimum atomic E-state index is -0.496. The number of fused-ring (bicyclic) bond motifs is 4. The lowest BCUT2D eigenvalue weighted by Crippen LogP contribution is -2.27. The number of nitrogens with zero attached hydrogens (tertiary/aromatic N) is 5. The number of nitrogens with one attached hydrogen (secondary N) is 3. The molecule has 5 rings (SSSR count). The lowest BCUT2D eigenvalue weighted by atomic mass is 10.1. The van der Waals surface area contributed by atoms with E-state index in [-0.39, 0.29) is 11.8 Å². The molecular formula is C26H22Cl2N8O2. The Bertz CT molecular complexity index is 1530. The average molecular weight is 549 g/mol. The molecule has 0 aliphatic carbocycles. The summed E-state index contributed by atoms with van der Waals surface area (Å²) in [5.74, 6) is 0.0425. The zero-order chi connectivity index (χ0) is 26.5. The Morgan fingerprint density at radius 2 is 2.03 bits per heavy atom. The van der Waals surface area contributed by atoms with Crippen molar-refractivity contribution < 1.29 is 9.59 Å². The summed E-state index contributed by atoms with van der Waals surface area (Å²) in [6.07, 6.45) is 9.66. The quantitative estimate of drug-likeness (QED) is 0.245. The van der Waals surface area contributed by atoms with Crippen LogP contribution in [0.15, 0.2) is 67.0 Å². The lowest BCUT2D eigenvalue weighted by Gasteiger charge is -2.14. The second kappa shape index (κ2) is 11.4. The van der Waals surface area contributed by atoms with Crippen LogP contribution >= 0.6 is 23.2 Å². The molecule has 38 heavy (non-hydrogen) atoms. The maximum absolute atomic E-state index is 13.0. The van der Waals surface area contributed by atoms with Gasteiger partial charge in [0.25, 0.3) is 0 Å². The van der Waals surface area contributed by atoms with Crippen LogP contribution in [-0.4, -0.2) is 42.0 Å². The van der Waals surface area contributed by atoms with Gasteiger partial charge in [-0.3, -0.25) is 9.59 Å². The summed E-state index contributed by atoms with van der Waals surface area (Å²) in [5, 5.41) is 18.0. The number of imidazole rings is 1. The molecule has 4 aromatic rings. The maximum atomic E-state index is 13.0. The third-order valence-electron chi connectivity index (χ3n) is 5.86. The van der Waals surface area contributed by atoms with Gasteiger partial charge in [-0.15, -0.1) is 5.10 Å². The first-order valence-electron chi connectivity index (χ1n) is 11.8. The van der Waals surface area contributed by atoms with E-state index in [4.69, 9.17) is 28.2 Å². The number of tetrazole rings is 1. The van der Waals surface area contributed by atoms with Crippen LogP contribution in [0.5, 0.6) is 0 Å². The third kappa shape index (κ3) is 5.82. The van der Waals surface area contributed by atoms with Crippen molar-refractivity contribution in [1.29, 1.82) is 0 Å². The van der Waals surface area contributed by atoms with Crippen LogP contribution in [0, 0.1) is 0 Å². The Hall–Kier alpha value is -4.28. The van der Waals surface area contributed by atoms with Crippen molar-refractivity contribution >= 4 is 46.8 Å². The Balaban J connectivity index is 1.42. The monoisotopic (exact) mass is 548 g/mol. The first-order chi connectivity index (χ1) is 18.5. The Labute approximate surface area is 227 Å². The largest absolute Gasteiger partial charge is 0.342 e. The molecule has 2 aromatic carbocycles. The van der Waals surface area contributed by atoms with Crippen molar-refractivity contribution in [1.82, 2.24) is 35.5 Å². The molecule has 0 unspecified atom stereocenters. The number of carbonyl (C=O) groups excluding carboxylic acids is 2. The number of halogens is 2. The summed E-state index contributed by atoms with van der Waals surface area (Å²) >= 11 is 12.7. The first-order valence-corrected chi connectivity index (χ1v) is 12.5. The summed E-state index contributed by atoms with van der Waals surface area (Å²) in [6, 6.07) is 12.0. The number of carbonyl (C=O) groups is 2. The van der Waals surface area contributed by atoms with Gasteiger partial charge in [0.2, 0.25) is 11.8 Å². The molecule has 12 heteroatoms. The van der Waals surface area contributed by atoms with Gasteiger partial charge in [-0.1, -0.05) is 53.6 Å². The van der Waals surface area contributed by atoms with E-state index >= 15 is 0 Å². The van der Waals surface area contributed by atoms with Crippen molar-refractivity contribution in [2.45, 2.75) is 25.3 Å². The summed E-state index contributed by atoms with van der Waals surface area (Å²) in [7, 11) is 0. The van der Waals surface area contributed by atoms with E-state index in [9.17, 15) is 9.59 Å². The maximum Gasteiger partial charge on any atom is 0.244 e. The van der Waals surface area contributed by atoms with E-state index in [1.807, 2.05) is 30.4 Å². The zero-order valence-corrected chi connectivity index (χ0v) is 21.4. The van der Waals surface area contributed by atoms with Crippen LogP contribution < -0.4 is 10.6 Å². The van der Waals surface area contributed by atoms with Gasteiger partial charge >= 0.3 is 0 Å². The highest BCUT2D eigenvalue weighted by Gasteiger charge is 2.21. The van der Waals surface area contributed by atoms with E-state index in [0.29, 0.717) is 63.5 Å². The number of anilines is 1. The van der Waals surface area contributed by atoms with E-state index in [0.717, 1.165) is 0 Å². The number of aromatic nitrogens is 6. The topological polar surface area (TPSA) is 130 Å². The molecule has 0 fully saturated rings. The first kappa shape index (κ1) is 25.4. The number of allylic oxidation sites excluding steroid dienone is 1. The van der Waals surface area contributed by atoms with Gasteiger partial charge in [-0.25, -0.2) is 4.98 Å². The number of benzene rings is 2. The van der Waals surface area contributed by atoms with Gasteiger partial charge in [-0.2, -0.15) is 4.68 Å². The molecule has 1 aliphatic rings. The van der Waals surface area contributed by atoms with Crippen molar-refractivity contribution in [3.63, 3.8) is 0 Å². The summed E-state index contributed by atoms with van der Waals surface area (Å²) in [6.45, 7) is 0. The van der Waals surface area contributed by atoms with Crippen molar-refractivity contribution in [3.8, 4) is 16.9 Å². The Morgan fingerprint density at radius 1 is 1.16 bits per heavy atom. The predicted molar refractivity (Wildman–Crippen MR) is 145 cm³/mol. The molecule has 0 saturated carbocycles. The number of hydrogen-bond acceptors (Lipinski definition) is 6. The molecule has 1 aliphatic heterocycles. The Kier molecular flexibility index (Phi) is 7.62. The standard InChI is InChI=1S/C26H22Cl2N8O2/c27-17-11-12-21(36-15-29-34-35-36)16(14-17)10-13-23(38)31-20-8-2-1-3-9-22(37)30-19-7-5-4-6-18(19)24-25(28)33-26(20)32-24/h1-2,4-7,10-15,20H,3,8-9H2,(H,30,37)(H,31,38)(H,32,33)/t20-/m0/s1. The van der Waals surface area contributed by atoms with Gasteiger partial charge in [-0.05, 0) is 53.6 Å². The minimum Gasteiger partial charge on any atom is -0.342 e. The fourth-order valence-corrected chi connectivity index (χ4v) is 4.47. The predicted octanol–water partition coefficient (Wildman–Crippen LogP) is 4.91. The van der Waals surface area contributed by atoms with E-state index in [2.05, 4.69) is 31.1 Å². The molecule has 0 spiro atoms. The van der Waals surface area contributed by atoms with Gasteiger partial charge in [0, 0.05) is 28.6 Å². The number of hydrogen-bond donors (Lipinski definition) is 3. The van der Waals surface area contributed by atoms with Crippen LogP contribution in [0.3, 0.4) is 0 Å². The Morgan fingerprint density at radius 3 is 2.87 bits per heavy atom. The smallest absolute Gasteiger partial charge is 0.244 e. The van der Waals surface area contributed by atoms with Gasteiger partial charge < -0.3 is 15.6 Å². The number of H-pyrrole nitrogens is 1. The SMILES string of the molecule is O=C(C=Cc1cc(Cl)ccc1-n1cnnn1)N[C@H]1CC=CCCC(=O)Nc2ccccc2-c2nc1[nH]c2Cl. The van der Waals surface area contributed by atoms with Gasteiger partial charge in [0.05, 0.1) is 17.4 Å². The number of para-hydroxylation sites is 1. The van der Waals surface area contributed by atoms with E-state index in [1.54, 1.807) is 30.3 Å². The lowest BCUT2D eigenvalue weighted by molar-refractivity contribution is -0.117. The molecule has 0 saturated heterocycles. The molecule has 2 aromatic heterocycles. The summed E-state index contributed by atoms with van der Waals surface area (Å²) < 4.78 is 1.48. The highest BCUT2D eigenvalue weighted by molar-refractivity contribution is 6.32. The van der Waals surface area contributed by atoms with Crippen LogP contribution in [0.2, 0.25) is 10.2 Å². The van der Waals surface area contributed by atoms with Crippen molar-refractivity contribution in [3.05, 3.63) is 88.6 Å². The third-order valence-corrected chi connectivity index (χ3v) is 6.37. The highest BCUT2D eigenvalue weighted by atomic mass is 35.5. The van der Waals surface area contributed by atoms with Crippen molar-refractivity contribution in [2.75, 3.05) is 5.32 Å². The molecule has 1 atom stereocenters. The number of amides is 2. The molecule has 10 nitrogen and oxygen atoms in total. The summed E-state index contributed by atoms with van der Waals surface area (Å²) in [5.41, 5.74) is 3.11. The normalized spacial score (nSPS) is 15.7. The zero-order valence-electron chi connectivity index (χ0n) is 19.9. The van der Waals surface area contributed by atoms with Crippen LogP contribution in [0.1, 0.15) is 36.7 Å². The number of aromatic amines is 1. The van der Waals surface area contributed by atoms with Gasteiger partial charge in [0.1, 0.15) is 23.0 Å². The second-order valence-electron chi connectivity index (χ2n) is 8.48. The average Bonchev–Trinajstić information content (AvgIpc) is 3.57. The van der Waals surface area contributed by atoms with Crippen LogP contribution in [0.4, 0.5) is 5.69 Å². The van der Waals surface area contributed by atoms with Crippen LogP contribution in [-0.2, 0) is 9.59 Å². The molecule has 3 heterocycles. The van der Waals surface area contributed by atoms with E-state index in [1.165, 1.54) is 17.1 Å². The van der Waals surface area contributed by atoms with Crippen LogP contribution in [0.25, 0.3) is 23.0 Å². The fourth-order valence-electron chi connectivity index (χ4n) is 4.05. The molecule has 2 bridgehead atoms. The van der Waals surface area contributed by atoms with Gasteiger partial charge in [0.15, 0.2) is 0 Å². The molecule has 3 N–H and O–H groups in total. The highest BCUT2D eigenvalue weighted by Crippen LogP contribution is 2.33.